The first-order valence-electron chi connectivity index (χ1n) is 14.4. The van der Waals surface area contributed by atoms with Crippen molar-refractivity contribution in [3.63, 3.8) is 0 Å². The van der Waals surface area contributed by atoms with E-state index in [0.29, 0.717) is 26.2 Å². The Hall–Kier alpha value is -2.97. The molecule has 3 amide bonds. The van der Waals surface area contributed by atoms with Gasteiger partial charge in [0.2, 0.25) is 17.7 Å². The Balaban J connectivity index is 1.57. The van der Waals surface area contributed by atoms with Gasteiger partial charge >= 0.3 is 0 Å². The van der Waals surface area contributed by atoms with Crippen LogP contribution in [-0.4, -0.2) is 87.6 Å². The first-order valence-corrected chi connectivity index (χ1v) is 14.4. The van der Waals surface area contributed by atoms with Gasteiger partial charge in [-0.15, -0.1) is 0 Å². The molecule has 39 heavy (non-hydrogen) atoms. The molecule has 1 aromatic rings. The van der Waals surface area contributed by atoms with Gasteiger partial charge in [-0.3, -0.25) is 14.4 Å². The topological polar surface area (TPSA) is 90.4 Å². The molecule has 0 bridgehead atoms. The van der Waals surface area contributed by atoms with Crippen molar-refractivity contribution in [2.45, 2.75) is 70.4 Å². The van der Waals surface area contributed by atoms with Gasteiger partial charge in [0.05, 0.1) is 30.6 Å². The van der Waals surface area contributed by atoms with Crippen LogP contribution in [0.4, 0.5) is 0 Å². The molecule has 7 atom stereocenters. The van der Waals surface area contributed by atoms with E-state index in [2.05, 4.69) is 6.92 Å². The fourth-order valence-electron chi connectivity index (χ4n) is 6.84. The third-order valence-electron chi connectivity index (χ3n) is 9.11. The monoisotopic (exact) mass is 535 g/mol. The second kappa shape index (κ2) is 11.3. The van der Waals surface area contributed by atoms with Gasteiger partial charge in [-0.2, -0.15) is 0 Å². The van der Waals surface area contributed by atoms with Gasteiger partial charge in [0.15, 0.2) is 0 Å². The quantitative estimate of drug-likeness (QED) is 0.491. The van der Waals surface area contributed by atoms with Crippen molar-refractivity contribution >= 4 is 17.7 Å². The summed E-state index contributed by atoms with van der Waals surface area (Å²) in [6, 6.07) is 8.34. The van der Waals surface area contributed by atoms with Crippen LogP contribution in [0.5, 0.6) is 0 Å². The summed E-state index contributed by atoms with van der Waals surface area (Å²) in [6.07, 6.45) is 9.57. The zero-order valence-electron chi connectivity index (χ0n) is 23.2. The van der Waals surface area contributed by atoms with E-state index in [1.165, 1.54) is 0 Å². The largest absolute Gasteiger partial charge is 0.394 e. The number of benzene rings is 1. The minimum atomic E-state index is -1.26. The van der Waals surface area contributed by atoms with E-state index in [0.717, 1.165) is 24.8 Å². The van der Waals surface area contributed by atoms with E-state index >= 15 is 0 Å². The van der Waals surface area contributed by atoms with Crippen molar-refractivity contribution in [3.05, 3.63) is 60.2 Å². The molecule has 0 aliphatic carbocycles. The minimum absolute atomic E-state index is 0.0333. The Kier molecular flexibility index (Phi) is 7.96. The molecule has 5 rings (SSSR count). The lowest BCUT2D eigenvalue weighted by molar-refractivity contribution is -0.152. The van der Waals surface area contributed by atoms with E-state index in [-0.39, 0.29) is 30.2 Å². The first kappa shape index (κ1) is 27.6. The van der Waals surface area contributed by atoms with Crippen molar-refractivity contribution in [3.8, 4) is 0 Å². The number of unbranched alkanes of at least 4 members (excludes halogenated alkanes) is 1. The number of hydrogen-bond acceptors (Lipinski definition) is 5. The predicted molar refractivity (Wildman–Crippen MR) is 147 cm³/mol. The maximum atomic E-state index is 14.5. The molecular weight excluding hydrogens is 494 g/mol. The summed E-state index contributed by atoms with van der Waals surface area (Å²) in [6.45, 7) is 7.71. The van der Waals surface area contributed by atoms with Crippen molar-refractivity contribution < 1.29 is 24.2 Å². The Bertz CT molecular complexity index is 1140. The number of ether oxygens (including phenoxy) is 1. The van der Waals surface area contributed by atoms with E-state index in [9.17, 15) is 19.5 Å². The zero-order chi connectivity index (χ0) is 27.7. The maximum Gasteiger partial charge on any atom is 0.249 e. The molecule has 210 valence electrons. The maximum absolute atomic E-state index is 14.5. The van der Waals surface area contributed by atoms with Gasteiger partial charge < -0.3 is 24.5 Å². The van der Waals surface area contributed by atoms with Crippen LogP contribution in [0.15, 0.2) is 54.6 Å². The number of carbonyl (C=O) groups is 3. The van der Waals surface area contributed by atoms with Crippen LogP contribution in [0.3, 0.4) is 0 Å². The molecule has 2 saturated heterocycles. The molecule has 4 aliphatic heterocycles. The van der Waals surface area contributed by atoms with Crippen molar-refractivity contribution in [2.75, 3.05) is 26.2 Å². The number of aliphatic hydroxyl groups is 1. The molecular formula is C31H41N3O5. The molecule has 0 aromatic heterocycles. The smallest absolute Gasteiger partial charge is 0.249 e. The molecule has 4 heterocycles. The Morgan fingerprint density at radius 1 is 1.03 bits per heavy atom. The number of amides is 3. The minimum Gasteiger partial charge on any atom is -0.394 e. The number of hydrogen-bond donors (Lipinski definition) is 1. The van der Waals surface area contributed by atoms with Crippen LogP contribution in [0, 0.1) is 17.8 Å². The van der Waals surface area contributed by atoms with Gasteiger partial charge in [-0.25, -0.2) is 0 Å². The average Bonchev–Trinajstić information content (AvgIpc) is 3.27. The highest BCUT2D eigenvalue weighted by Gasteiger charge is 2.72. The molecule has 1 aromatic carbocycles. The van der Waals surface area contributed by atoms with Gasteiger partial charge in [-0.05, 0) is 17.9 Å². The van der Waals surface area contributed by atoms with Crippen LogP contribution < -0.4 is 0 Å². The summed E-state index contributed by atoms with van der Waals surface area (Å²) < 4.78 is 6.73. The molecule has 2 fully saturated rings. The van der Waals surface area contributed by atoms with Crippen LogP contribution >= 0.6 is 0 Å². The van der Waals surface area contributed by atoms with Crippen molar-refractivity contribution in [2.24, 2.45) is 17.8 Å². The summed E-state index contributed by atoms with van der Waals surface area (Å²) in [5.74, 6) is -2.20. The van der Waals surface area contributed by atoms with Crippen LogP contribution in [0.25, 0.3) is 0 Å². The number of carbonyl (C=O) groups excluding carboxylic acids is 3. The highest BCUT2D eigenvalue weighted by atomic mass is 16.5. The van der Waals surface area contributed by atoms with Gasteiger partial charge in [0, 0.05) is 26.2 Å². The predicted octanol–water partition coefficient (Wildman–Crippen LogP) is 2.77. The highest BCUT2D eigenvalue weighted by Crippen LogP contribution is 2.54. The molecule has 1 unspecified atom stereocenters. The molecule has 4 aliphatic rings. The fraction of sp³-hybridized carbons (Fsp3) is 0.581. The summed E-state index contributed by atoms with van der Waals surface area (Å²) in [4.78, 5) is 48.0. The average molecular weight is 536 g/mol. The second-order valence-corrected chi connectivity index (χ2v) is 11.4. The first-order chi connectivity index (χ1) is 18.9. The number of aliphatic hydroxyl groups excluding tert-OH is 1. The molecule has 0 radical (unpaired) electrons. The lowest BCUT2D eigenvalue weighted by atomic mass is 9.77. The van der Waals surface area contributed by atoms with Gasteiger partial charge in [0.1, 0.15) is 11.6 Å². The fourth-order valence-corrected chi connectivity index (χ4v) is 6.84. The third kappa shape index (κ3) is 4.61. The third-order valence-corrected chi connectivity index (χ3v) is 9.11. The van der Waals surface area contributed by atoms with E-state index < -0.39 is 35.6 Å². The van der Waals surface area contributed by atoms with Gasteiger partial charge in [-0.1, -0.05) is 88.2 Å². The summed E-state index contributed by atoms with van der Waals surface area (Å²) in [7, 11) is 0. The van der Waals surface area contributed by atoms with Crippen LogP contribution in [0.1, 0.15) is 45.6 Å². The molecule has 8 heteroatoms. The molecule has 8 nitrogen and oxygen atoms in total. The standard InChI is InChI=1S/C31H41N3O5/c1-4-6-16-32-18-11-15-31-26(29(37)34(27(31)30(32)38)23(20-35)21(3)5-2)25-24(39-31)14-10-17-33(28(25)36)19-22-12-8-7-9-13-22/h7-15,21,23-27,35H,4-6,16-20H2,1-3H3/t21-,23-,24-,25+,26-,27?,31-/m0/s1. The normalized spacial score (nSPS) is 31.6. The lowest BCUT2D eigenvalue weighted by Gasteiger charge is -2.40. The summed E-state index contributed by atoms with van der Waals surface area (Å²) in [5, 5.41) is 10.5. The number of rotatable bonds is 9. The molecule has 1 N–H and O–H groups in total. The SMILES string of the molecule is CCCCN1CC=C[C@]23O[C@H]4C=CCN(Cc5ccccc5)C(=O)[C@H]4[C@H]2C(=O)N([C@@H](CO)[C@@H](C)CC)C3C1=O. The molecule has 0 saturated carbocycles. The van der Waals surface area contributed by atoms with E-state index in [4.69, 9.17) is 4.74 Å². The summed E-state index contributed by atoms with van der Waals surface area (Å²) >= 11 is 0. The van der Waals surface area contributed by atoms with Crippen LogP contribution in [-0.2, 0) is 25.7 Å². The van der Waals surface area contributed by atoms with Crippen molar-refractivity contribution in [1.29, 1.82) is 0 Å². The molecule has 1 spiro atoms. The van der Waals surface area contributed by atoms with Gasteiger partial charge in [0.25, 0.3) is 0 Å². The number of fused-ring (bicyclic) bond motifs is 2. The lowest BCUT2D eigenvalue weighted by Crippen LogP contribution is -2.59. The number of likely N-dealkylation sites (tertiary alicyclic amines) is 1. The Morgan fingerprint density at radius 3 is 2.46 bits per heavy atom. The Morgan fingerprint density at radius 2 is 1.77 bits per heavy atom. The second-order valence-electron chi connectivity index (χ2n) is 11.4. The van der Waals surface area contributed by atoms with Crippen LogP contribution in [0.2, 0.25) is 0 Å². The Labute approximate surface area is 231 Å². The zero-order valence-corrected chi connectivity index (χ0v) is 23.2. The van der Waals surface area contributed by atoms with E-state index in [1.807, 2.05) is 68.5 Å². The number of nitrogens with zero attached hydrogens (tertiary/aromatic N) is 3. The van der Waals surface area contributed by atoms with Crippen molar-refractivity contribution in [1.82, 2.24) is 14.7 Å². The summed E-state index contributed by atoms with van der Waals surface area (Å²) in [5.41, 5.74) is -0.252. The van der Waals surface area contributed by atoms with E-state index in [1.54, 1.807) is 14.7 Å². The highest BCUT2D eigenvalue weighted by molar-refractivity contribution is 6.00.